The average Bonchev–Trinajstić information content (AvgIpc) is 3.61. The van der Waals surface area contributed by atoms with Crippen LogP contribution in [0.2, 0.25) is 0 Å². The van der Waals surface area contributed by atoms with Gasteiger partial charge in [0.25, 0.3) is 5.91 Å². The van der Waals surface area contributed by atoms with Crippen LogP contribution in [0.4, 0.5) is 5.69 Å². The van der Waals surface area contributed by atoms with Crippen LogP contribution in [-0.2, 0) is 6.54 Å². The number of aromatic nitrogens is 1. The van der Waals surface area contributed by atoms with E-state index >= 15 is 0 Å². The molecule has 1 aliphatic carbocycles. The average molecular weight is 462 g/mol. The third kappa shape index (κ3) is 4.34. The van der Waals surface area contributed by atoms with Gasteiger partial charge >= 0.3 is 0 Å². The summed E-state index contributed by atoms with van der Waals surface area (Å²) in [7, 11) is 1.66. The summed E-state index contributed by atoms with van der Waals surface area (Å²) in [5.74, 6) is 2.60. The summed E-state index contributed by atoms with van der Waals surface area (Å²) in [6.45, 7) is 6.95. The topological polar surface area (TPSA) is 67.9 Å². The number of carbonyl (C=O) groups is 1. The summed E-state index contributed by atoms with van der Waals surface area (Å²) >= 11 is 0. The van der Waals surface area contributed by atoms with Crippen molar-refractivity contribution < 1.29 is 13.9 Å². The predicted octanol–water partition coefficient (Wildman–Crippen LogP) is 3.95. The Morgan fingerprint density at radius 2 is 1.82 bits per heavy atom. The molecule has 0 unspecified atom stereocenters. The van der Waals surface area contributed by atoms with E-state index in [-0.39, 0.29) is 17.3 Å². The number of ether oxygens (including phenoxy) is 1. The lowest BCUT2D eigenvalue weighted by Crippen LogP contribution is -2.50. The molecule has 1 saturated heterocycles. The Bertz CT molecular complexity index is 1260. The van der Waals surface area contributed by atoms with Gasteiger partial charge in [0.15, 0.2) is 5.43 Å². The van der Waals surface area contributed by atoms with E-state index in [1.54, 1.807) is 13.2 Å². The first-order valence-electron chi connectivity index (χ1n) is 11.9. The number of anilines is 1. The van der Waals surface area contributed by atoms with Crippen LogP contribution in [0.5, 0.6) is 5.75 Å². The van der Waals surface area contributed by atoms with Gasteiger partial charge in [-0.05, 0) is 51.0 Å². The lowest BCUT2D eigenvalue weighted by atomic mass is 10.0. The summed E-state index contributed by atoms with van der Waals surface area (Å²) in [6.07, 6.45) is 2.01. The minimum absolute atomic E-state index is 0.151. The zero-order valence-corrected chi connectivity index (χ0v) is 20.0. The van der Waals surface area contributed by atoms with Crippen LogP contribution < -0.4 is 15.1 Å². The highest BCUT2D eigenvalue weighted by Gasteiger charge is 2.35. The molecule has 7 heteroatoms. The molecule has 0 bridgehead atoms. The van der Waals surface area contributed by atoms with E-state index in [0.29, 0.717) is 38.3 Å². The fourth-order valence-electron chi connectivity index (χ4n) is 4.86. The SMILES string of the molecule is COc1cccc(N2CCN(C(=O)c3c(C4CC4)n(Cc4ccc(C)o4)c(C)cc3=O)CC2)c1. The molecule has 1 aliphatic heterocycles. The molecule has 1 amide bonds. The van der Waals surface area contributed by atoms with Crippen molar-refractivity contribution >= 4 is 11.6 Å². The van der Waals surface area contributed by atoms with Crippen LogP contribution in [0, 0.1) is 13.8 Å². The highest BCUT2D eigenvalue weighted by molar-refractivity contribution is 5.95. The van der Waals surface area contributed by atoms with Gasteiger partial charge in [-0.2, -0.15) is 0 Å². The number of aryl methyl sites for hydroxylation is 2. The van der Waals surface area contributed by atoms with Gasteiger partial charge in [-0.3, -0.25) is 9.59 Å². The molecule has 7 nitrogen and oxygen atoms in total. The van der Waals surface area contributed by atoms with Gasteiger partial charge in [0, 0.05) is 61.3 Å². The molecule has 0 N–H and O–H groups in total. The maximum Gasteiger partial charge on any atom is 0.259 e. The highest BCUT2D eigenvalue weighted by atomic mass is 16.5. The summed E-state index contributed by atoms with van der Waals surface area (Å²) < 4.78 is 13.3. The minimum atomic E-state index is -0.175. The second kappa shape index (κ2) is 9.05. The van der Waals surface area contributed by atoms with Crippen molar-refractivity contribution in [2.75, 3.05) is 38.2 Å². The zero-order chi connectivity index (χ0) is 23.8. The summed E-state index contributed by atoms with van der Waals surface area (Å²) in [5, 5.41) is 0. The van der Waals surface area contributed by atoms with Gasteiger partial charge in [-0.1, -0.05) is 6.07 Å². The van der Waals surface area contributed by atoms with Crippen LogP contribution in [0.3, 0.4) is 0 Å². The minimum Gasteiger partial charge on any atom is -0.497 e. The number of nitrogens with zero attached hydrogens (tertiary/aromatic N) is 3. The molecule has 1 saturated carbocycles. The molecule has 1 aromatic carbocycles. The molecule has 5 rings (SSSR count). The third-order valence-corrected chi connectivity index (χ3v) is 6.83. The van der Waals surface area contributed by atoms with Gasteiger partial charge < -0.3 is 23.5 Å². The number of methoxy groups -OCH3 is 1. The van der Waals surface area contributed by atoms with E-state index in [4.69, 9.17) is 9.15 Å². The molecule has 2 aromatic heterocycles. The van der Waals surface area contributed by atoms with Crippen LogP contribution in [0.25, 0.3) is 0 Å². The molecule has 3 heterocycles. The highest BCUT2D eigenvalue weighted by Crippen LogP contribution is 2.42. The van der Waals surface area contributed by atoms with Crippen molar-refractivity contribution in [2.24, 2.45) is 0 Å². The van der Waals surface area contributed by atoms with Crippen molar-refractivity contribution in [1.29, 1.82) is 0 Å². The number of furan rings is 1. The maximum atomic E-state index is 13.7. The third-order valence-electron chi connectivity index (χ3n) is 6.83. The summed E-state index contributed by atoms with van der Waals surface area (Å²) in [5.41, 5.74) is 2.98. The Kier molecular flexibility index (Phi) is 5.94. The molecule has 3 aromatic rings. The quantitative estimate of drug-likeness (QED) is 0.556. The van der Waals surface area contributed by atoms with E-state index in [1.807, 2.05) is 49.1 Å². The molecular formula is C27H31N3O4. The predicted molar refractivity (Wildman–Crippen MR) is 131 cm³/mol. The number of amides is 1. The fraction of sp³-hybridized carbons (Fsp3) is 0.407. The first-order valence-corrected chi connectivity index (χ1v) is 11.9. The standard InChI is InChI=1S/C27H31N3O4/c1-18-15-24(31)25(26(20-8-9-20)30(18)17-23-10-7-19(2)34-23)27(32)29-13-11-28(12-14-29)21-5-4-6-22(16-21)33-3/h4-7,10,15-16,20H,8-9,11-14,17H2,1-3H3. The Labute approximate surface area is 199 Å². The second-order valence-electron chi connectivity index (χ2n) is 9.26. The summed E-state index contributed by atoms with van der Waals surface area (Å²) in [6, 6.07) is 13.5. The van der Waals surface area contributed by atoms with Gasteiger partial charge in [0.1, 0.15) is 22.8 Å². The fourth-order valence-corrected chi connectivity index (χ4v) is 4.86. The first-order chi connectivity index (χ1) is 16.4. The molecule has 34 heavy (non-hydrogen) atoms. The molecule has 0 spiro atoms. The van der Waals surface area contributed by atoms with E-state index in [9.17, 15) is 9.59 Å². The lowest BCUT2D eigenvalue weighted by molar-refractivity contribution is 0.0743. The van der Waals surface area contributed by atoms with Crippen molar-refractivity contribution in [3.05, 3.63) is 81.2 Å². The van der Waals surface area contributed by atoms with E-state index < -0.39 is 0 Å². The molecule has 0 atom stereocenters. The van der Waals surface area contributed by atoms with Crippen molar-refractivity contribution in [3.63, 3.8) is 0 Å². The second-order valence-corrected chi connectivity index (χ2v) is 9.26. The van der Waals surface area contributed by atoms with E-state index in [2.05, 4.69) is 15.5 Å². The number of benzene rings is 1. The van der Waals surface area contributed by atoms with Crippen molar-refractivity contribution in [2.45, 2.75) is 39.2 Å². The smallest absolute Gasteiger partial charge is 0.259 e. The van der Waals surface area contributed by atoms with Crippen LogP contribution in [0.15, 0.2) is 51.7 Å². The number of rotatable bonds is 6. The number of pyridine rings is 1. The van der Waals surface area contributed by atoms with Gasteiger partial charge in [0.2, 0.25) is 0 Å². The number of hydrogen-bond acceptors (Lipinski definition) is 5. The van der Waals surface area contributed by atoms with Gasteiger partial charge in [0.05, 0.1) is 13.7 Å². The summed E-state index contributed by atoms with van der Waals surface area (Å²) in [4.78, 5) is 30.9. The van der Waals surface area contributed by atoms with Crippen LogP contribution in [-0.4, -0.2) is 48.7 Å². The first kappa shape index (κ1) is 22.3. The molecular weight excluding hydrogens is 430 g/mol. The number of piperazine rings is 1. The number of carbonyl (C=O) groups excluding carboxylic acids is 1. The van der Waals surface area contributed by atoms with Crippen LogP contribution in [0.1, 0.15) is 52.0 Å². The van der Waals surface area contributed by atoms with E-state index in [0.717, 1.165) is 47.2 Å². The largest absolute Gasteiger partial charge is 0.497 e. The van der Waals surface area contributed by atoms with Crippen molar-refractivity contribution in [3.8, 4) is 5.75 Å². The Morgan fingerprint density at radius 1 is 1.06 bits per heavy atom. The normalized spacial score (nSPS) is 16.1. The Balaban J connectivity index is 1.40. The Hall–Kier alpha value is -3.48. The van der Waals surface area contributed by atoms with Gasteiger partial charge in [-0.25, -0.2) is 0 Å². The number of hydrogen-bond donors (Lipinski definition) is 0. The molecule has 0 radical (unpaired) electrons. The monoisotopic (exact) mass is 461 g/mol. The Morgan fingerprint density at radius 3 is 2.47 bits per heavy atom. The molecule has 2 aliphatic rings. The zero-order valence-electron chi connectivity index (χ0n) is 20.0. The molecule has 178 valence electrons. The van der Waals surface area contributed by atoms with Crippen molar-refractivity contribution in [1.82, 2.24) is 9.47 Å². The maximum absolute atomic E-state index is 13.7. The van der Waals surface area contributed by atoms with Gasteiger partial charge in [-0.15, -0.1) is 0 Å². The lowest BCUT2D eigenvalue weighted by Gasteiger charge is -2.36. The molecule has 2 fully saturated rings. The van der Waals surface area contributed by atoms with Crippen LogP contribution >= 0.6 is 0 Å². The van der Waals surface area contributed by atoms with E-state index in [1.165, 1.54) is 0 Å².